The predicted molar refractivity (Wildman–Crippen MR) is 114 cm³/mol. The highest BCUT2D eigenvalue weighted by atomic mass is 127. The van der Waals surface area contributed by atoms with Crippen molar-refractivity contribution < 1.29 is 9.47 Å². The third-order valence-corrected chi connectivity index (χ3v) is 5.01. The highest BCUT2D eigenvalue weighted by molar-refractivity contribution is 14.0. The van der Waals surface area contributed by atoms with Crippen LogP contribution in [0.5, 0.6) is 0 Å². The molecule has 1 aromatic carbocycles. The normalized spacial score (nSPS) is 23.9. The van der Waals surface area contributed by atoms with Crippen LogP contribution in [-0.2, 0) is 16.0 Å². The predicted octanol–water partition coefficient (Wildman–Crippen LogP) is 2.74. The number of guanidine groups is 1. The molecule has 2 fully saturated rings. The van der Waals surface area contributed by atoms with E-state index in [2.05, 4.69) is 44.5 Å². The van der Waals surface area contributed by atoms with E-state index in [1.807, 2.05) is 13.1 Å². The number of para-hydroxylation sites is 1. The Balaban J connectivity index is 0.00000196. The molecule has 2 saturated heterocycles. The summed E-state index contributed by atoms with van der Waals surface area (Å²) in [5, 5.41) is 4.71. The summed E-state index contributed by atoms with van der Waals surface area (Å²) in [6.07, 6.45) is 2.61. The molecule has 0 saturated carbocycles. The number of H-pyrrole nitrogens is 1. The van der Waals surface area contributed by atoms with Gasteiger partial charge in [-0.05, 0) is 30.4 Å². The lowest BCUT2D eigenvalue weighted by Crippen LogP contribution is -2.53. The van der Waals surface area contributed by atoms with E-state index in [1.165, 1.54) is 10.9 Å². The van der Waals surface area contributed by atoms with E-state index < -0.39 is 0 Å². The van der Waals surface area contributed by atoms with Crippen molar-refractivity contribution in [2.45, 2.75) is 31.6 Å². The van der Waals surface area contributed by atoms with E-state index in [-0.39, 0.29) is 36.2 Å². The molecule has 0 radical (unpaired) electrons. The second-order valence-corrected chi connectivity index (χ2v) is 6.69. The molecule has 4 rings (SSSR count). The van der Waals surface area contributed by atoms with Crippen LogP contribution < -0.4 is 5.32 Å². The van der Waals surface area contributed by atoms with Crippen LogP contribution >= 0.6 is 24.0 Å². The van der Waals surface area contributed by atoms with E-state index >= 15 is 0 Å². The third-order valence-electron chi connectivity index (χ3n) is 5.01. The standard InChI is InChI=1S/C19H26N4O2.HI/c1-20-19(21-12-15-11-14-5-2-3-6-16(14)22-15)23-8-10-25-18(13-23)17-7-4-9-24-17;/h2-3,5-6,11,17-18,22H,4,7-10,12-13H2,1H3,(H,20,21);1H. The average molecular weight is 470 g/mol. The van der Waals surface area contributed by atoms with Gasteiger partial charge in [-0.25, -0.2) is 0 Å². The average Bonchev–Trinajstić information content (AvgIpc) is 3.32. The van der Waals surface area contributed by atoms with Gasteiger partial charge in [0.25, 0.3) is 0 Å². The Morgan fingerprint density at radius 1 is 1.27 bits per heavy atom. The minimum atomic E-state index is 0. The maximum atomic E-state index is 5.93. The molecule has 0 bridgehead atoms. The van der Waals surface area contributed by atoms with Gasteiger partial charge < -0.3 is 24.7 Å². The van der Waals surface area contributed by atoms with Crippen LogP contribution in [-0.4, -0.2) is 61.4 Å². The van der Waals surface area contributed by atoms with Crippen molar-refractivity contribution in [2.75, 3.05) is 33.4 Å². The summed E-state index contributed by atoms with van der Waals surface area (Å²) in [6, 6.07) is 10.5. The number of aromatic nitrogens is 1. The Morgan fingerprint density at radius 3 is 2.88 bits per heavy atom. The minimum absolute atomic E-state index is 0. The van der Waals surface area contributed by atoms with Crippen molar-refractivity contribution in [1.82, 2.24) is 15.2 Å². The molecule has 2 N–H and O–H groups in total. The maximum Gasteiger partial charge on any atom is 0.194 e. The molecular weight excluding hydrogens is 443 g/mol. The van der Waals surface area contributed by atoms with Crippen LogP contribution in [0.2, 0.25) is 0 Å². The first kappa shape index (κ1) is 19.4. The van der Waals surface area contributed by atoms with Crippen molar-refractivity contribution in [2.24, 2.45) is 4.99 Å². The monoisotopic (exact) mass is 470 g/mol. The molecule has 26 heavy (non-hydrogen) atoms. The van der Waals surface area contributed by atoms with Crippen LogP contribution in [0.25, 0.3) is 10.9 Å². The van der Waals surface area contributed by atoms with Crippen molar-refractivity contribution in [1.29, 1.82) is 0 Å². The number of nitrogens with zero attached hydrogens (tertiary/aromatic N) is 2. The van der Waals surface area contributed by atoms with Gasteiger partial charge in [0, 0.05) is 38.0 Å². The van der Waals surface area contributed by atoms with E-state index in [4.69, 9.17) is 9.47 Å². The SMILES string of the molecule is CN=C(NCc1cc2ccccc2[nH]1)N1CCOC(C2CCCO2)C1.I. The Kier molecular flexibility index (Phi) is 6.77. The number of rotatable bonds is 3. The number of aromatic amines is 1. The van der Waals surface area contributed by atoms with Crippen molar-refractivity contribution in [3.05, 3.63) is 36.0 Å². The zero-order valence-electron chi connectivity index (χ0n) is 15.1. The lowest BCUT2D eigenvalue weighted by molar-refractivity contribution is -0.0817. The van der Waals surface area contributed by atoms with Gasteiger partial charge in [0.2, 0.25) is 0 Å². The number of ether oxygens (including phenoxy) is 2. The molecule has 7 heteroatoms. The Bertz CT molecular complexity index is 709. The molecule has 142 valence electrons. The molecular formula is C19H27IN4O2. The maximum absolute atomic E-state index is 5.93. The van der Waals surface area contributed by atoms with Gasteiger partial charge in [-0.1, -0.05) is 18.2 Å². The molecule has 6 nitrogen and oxygen atoms in total. The summed E-state index contributed by atoms with van der Waals surface area (Å²) in [7, 11) is 1.84. The number of fused-ring (bicyclic) bond motifs is 1. The molecule has 0 spiro atoms. The molecule has 0 aliphatic carbocycles. The Hall–Kier alpha value is -1.32. The summed E-state index contributed by atoms with van der Waals surface area (Å²) in [4.78, 5) is 10.2. The fourth-order valence-corrected chi connectivity index (χ4v) is 3.72. The zero-order chi connectivity index (χ0) is 17.1. The quantitative estimate of drug-likeness (QED) is 0.412. The number of aliphatic imine (C=N–C) groups is 1. The fraction of sp³-hybridized carbons (Fsp3) is 0.526. The second-order valence-electron chi connectivity index (χ2n) is 6.69. The Morgan fingerprint density at radius 2 is 2.12 bits per heavy atom. The smallest absolute Gasteiger partial charge is 0.194 e. The van der Waals surface area contributed by atoms with E-state index in [9.17, 15) is 0 Å². The van der Waals surface area contributed by atoms with Gasteiger partial charge in [0.1, 0.15) is 6.10 Å². The van der Waals surface area contributed by atoms with Crippen molar-refractivity contribution in [3.8, 4) is 0 Å². The van der Waals surface area contributed by atoms with Gasteiger partial charge >= 0.3 is 0 Å². The Labute approximate surface area is 171 Å². The van der Waals surface area contributed by atoms with Crippen LogP contribution in [0.15, 0.2) is 35.3 Å². The van der Waals surface area contributed by atoms with Crippen LogP contribution in [0.4, 0.5) is 0 Å². The van der Waals surface area contributed by atoms with E-state index in [1.54, 1.807) is 0 Å². The van der Waals surface area contributed by atoms with Crippen molar-refractivity contribution >= 4 is 40.8 Å². The number of nitrogens with one attached hydrogen (secondary N) is 2. The molecule has 2 aliphatic rings. The lowest BCUT2D eigenvalue weighted by atomic mass is 10.1. The first-order valence-corrected chi connectivity index (χ1v) is 9.09. The van der Waals surface area contributed by atoms with Gasteiger partial charge in [0.15, 0.2) is 5.96 Å². The summed E-state index contributed by atoms with van der Waals surface area (Å²) < 4.78 is 11.7. The highest BCUT2D eigenvalue weighted by Crippen LogP contribution is 2.21. The van der Waals surface area contributed by atoms with Gasteiger partial charge in [0.05, 0.1) is 19.3 Å². The largest absolute Gasteiger partial charge is 0.375 e. The number of benzene rings is 1. The molecule has 2 unspecified atom stereocenters. The van der Waals surface area contributed by atoms with E-state index in [0.717, 1.165) is 57.3 Å². The van der Waals surface area contributed by atoms with Crippen LogP contribution in [0, 0.1) is 0 Å². The molecule has 2 aliphatic heterocycles. The second kappa shape index (κ2) is 9.05. The lowest BCUT2D eigenvalue weighted by Gasteiger charge is -2.37. The summed E-state index contributed by atoms with van der Waals surface area (Å²) in [6.45, 7) is 3.99. The number of hydrogen-bond donors (Lipinski definition) is 2. The van der Waals surface area contributed by atoms with Gasteiger partial charge in [-0.15, -0.1) is 24.0 Å². The molecule has 2 atom stereocenters. The first-order valence-electron chi connectivity index (χ1n) is 9.09. The molecule has 0 amide bonds. The number of halogens is 1. The minimum Gasteiger partial charge on any atom is -0.375 e. The highest BCUT2D eigenvalue weighted by Gasteiger charge is 2.32. The van der Waals surface area contributed by atoms with Gasteiger partial charge in [-0.3, -0.25) is 4.99 Å². The summed E-state index contributed by atoms with van der Waals surface area (Å²) >= 11 is 0. The van der Waals surface area contributed by atoms with Crippen LogP contribution in [0.3, 0.4) is 0 Å². The topological polar surface area (TPSA) is 61.9 Å². The van der Waals surface area contributed by atoms with Gasteiger partial charge in [-0.2, -0.15) is 0 Å². The number of morpholine rings is 1. The third kappa shape index (κ3) is 4.32. The molecule has 3 heterocycles. The van der Waals surface area contributed by atoms with Crippen LogP contribution in [0.1, 0.15) is 18.5 Å². The van der Waals surface area contributed by atoms with E-state index in [0.29, 0.717) is 0 Å². The molecule has 1 aromatic heterocycles. The van der Waals surface area contributed by atoms with Crippen molar-refractivity contribution in [3.63, 3.8) is 0 Å². The fourth-order valence-electron chi connectivity index (χ4n) is 3.72. The molecule has 2 aromatic rings. The summed E-state index contributed by atoms with van der Waals surface area (Å²) in [5.74, 6) is 0.921. The summed E-state index contributed by atoms with van der Waals surface area (Å²) in [5.41, 5.74) is 2.32. The number of hydrogen-bond acceptors (Lipinski definition) is 3. The zero-order valence-corrected chi connectivity index (χ0v) is 17.4. The first-order chi connectivity index (χ1) is 12.3.